The molecule has 0 saturated carbocycles. The highest BCUT2D eigenvalue weighted by atomic mass is 16.6. The Kier molecular flexibility index (Phi) is 5.60. The Labute approximate surface area is 122 Å². The Balaban J connectivity index is 3.17. The van der Waals surface area contributed by atoms with E-state index in [0.29, 0.717) is 6.54 Å². The van der Waals surface area contributed by atoms with Crippen molar-refractivity contribution < 1.29 is 9.72 Å². The molecule has 21 heavy (non-hydrogen) atoms. The van der Waals surface area contributed by atoms with Gasteiger partial charge in [-0.25, -0.2) is 4.98 Å². The van der Waals surface area contributed by atoms with Crippen LogP contribution in [0.4, 0.5) is 11.5 Å². The second-order valence-corrected chi connectivity index (χ2v) is 4.47. The first kappa shape index (κ1) is 16.4. The maximum absolute atomic E-state index is 12.5. The number of nitriles is 1. The van der Waals surface area contributed by atoms with Gasteiger partial charge in [-0.2, -0.15) is 5.26 Å². The van der Waals surface area contributed by atoms with E-state index in [0.717, 1.165) is 6.20 Å². The number of carbonyl (C=O) groups excluding carboxylic acids is 1. The molecule has 0 spiro atoms. The van der Waals surface area contributed by atoms with Crippen molar-refractivity contribution in [2.45, 2.75) is 13.8 Å². The van der Waals surface area contributed by atoms with Crippen molar-refractivity contribution >= 4 is 17.4 Å². The van der Waals surface area contributed by atoms with Crippen molar-refractivity contribution in [1.29, 1.82) is 5.26 Å². The van der Waals surface area contributed by atoms with E-state index >= 15 is 0 Å². The Bertz CT molecular complexity index is 582. The van der Waals surface area contributed by atoms with Crippen LogP contribution in [-0.2, 0) is 0 Å². The normalized spacial score (nSPS) is 11.3. The van der Waals surface area contributed by atoms with Crippen LogP contribution >= 0.6 is 0 Å². The lowest BCUT2D eigenvalue weighted by Gasteiger charge is -2.22. The summed E-state index contributed by atoms with van der Waals surface area (Å²) in [6, 6.07) is 3.26. The van der Waals surface area contributed by atoms with Gasteiger partial charge in [-0.1, -0.05) is 0 Å². The quantitative estimate of drug-likeness (QED) is 0.630. The molecule has 1 atom stereocenters. The highest BCUT2D eigenvalue weighted by Gasteiger charge is 2.22. The Hall–Kier alpha value is -2.69. The fraction of sp³-hybridized carbons (Fsp3) is 0.462. The maximum atomic E-state index is 12.5. The lowest BCUT2D eigenvalue weighted by atomic mass is 10.1. The number of hydrogen-bond donors (Lipinski definition) is 1. The molecule has 0 fully saturated rings. The summed E-state index contributed by atoms with van der Waals surface area (Å²) in [5, 5.41) is 22.4. The molecule has 1 aromatic rings. The zero-order valence-corrected chi connectivity index (χ0v) is 12.2. The van der Waals surface area contributed by atoms with Crippen LogP contribution in [0.2, 0.25) is 0 Å². The SMILES string of the molecule is CCN(CC(C)C#N)C(=O)c1cc([N+](=O)[O-])cnc1NC. The van der Waals surface area contributed by atoms with Crippen LogP contribution in [0.3, 0.4) is 0 Å². The first-order valence-electron chi connectivity index (χ1n) is 6.45. The monoisotopic (exact) mass is 291 g/mol. The minimum atomic E-state index is -0.600. The van der Waals surface area contributed by atoms with Crippen LogP contribution < -0.4 is 5.32 Å². The molecule has 112 valence electrons. The molecule has 0 aromatic carbocycles. The van der Waals surface area contributed by atoms with Gasteiger partial charge in [0.25, 0.3) is 11.6 Å². The van der Waals surface area contributed by atoms with E-state index < -0.39 is 4.92 Å². The summed E-state index contributed by atoms with van der Waals surface area (Å²) in [5.41, 5.74) is -0.125. The largest absolute Gasteiger partial charge is 0.372 e. The van der Waals surface area contributed by atoms with Gasteiger partial charge in [0, 0.05) is 26.2 Å². The summed E-state index contributed by atoms with van der Waals surface area (Å²) in [5.74, 6) is -0.438. The zero-order chi connectivity index (χ0) is 16.0. The molecule has 1 heterocycles. The summed E-state index contributed by atoms with van der Waals surface area (Å²) >= 11 is 0. The lowest BCUT2D eigenvalue weighted by molar-refractivity contribution is -0.385. The van der Waals surface area contributed by atoms with E-state index in [1.807, 2.05) is 0 Å². The van der Waals surface area contributed by atoms with E-state index in [-0.39, 0.29) is 35.4 Å². The zero-order valence-electron chi connectivity index (χ0n) is 12.2. The number of aromatic nitrogens is 1. The van der Waals surface area contributed by atoms with Gasteiger partial charge in [-0.15, -0.1) is 0 Å². The number of nitro groups is 1. The smallest absolute Gasteiger partial charge is 0.288 e. The van der Waals surface area contributed by atoms with E-state index in [4.69, 9.17) is 5.26 Å². The molecule has 0 radical (unpaired) electrons. The number of pyridine rings is 1. The minimum absolute atomic E-state index is 0.124. The van der Waals surface area contributed by atoms with Crippen molar-refractivity contribution in [2.24, 2.45) is 5.92 Å². The average molecular weight is 291 g/mol. The third kappa shape index (κ3) is 3.89. The number of nitrogens with one attached hydrogen (secondary N) is 1. The van der Waals surface area contributed by atoms with Gasteiger partial charge in [0.05, 0.1) is 22.5 Å². The molecule has 1 unspecified atom stereocenters. The standard InChI is InChI=1S/C13H17N5O3/c1-4-17(8-9(2)6-14)13(19)11-5-10(18(20)21)7-16-12(11)15-3/h5,7,9H,4,8H2,1-3H3,(H,15,16). The van der Waals surface area contributed by atoms with Gasteiger partial charge in [0.1, 0.15) is 12.0 Å². The van der Waals surface area contributed by atoms with Crippen molar-refractivity contribution in [3.8, 4) is 6.07 Å². The van der Waals surface area contributed by atoms with Crippen LogP contribution in [-0.4, -0.2) is 40.9 Å². The van der Waals surface area contributed by atoms with E-state index in [1.54, 1.807) is 20.9 Å². The first-order chi connectivity index (χ1) is 9.94. The third-order valence-electron chi connectivity index (χ3n) is 2.93. The van der Waals surface area contributed by atoms with Gasteiger partial charge in [-0.05, 0) is 13.8 Å². The van der Waals surface area contributed by atoms with Crippen LogP contribution in [0.5, 0.6) is 0 Å². The van der Waals surface area contributed by atoms with Crippen LogP contribution in [0, 0.1) is 27.4 Å². The number of nitrogens with zero attached hydrogens (tertiary/aromatic N) is 4. The summed E-state index contributed by atoms with van der Waals surface area (Å²) in [4.78, 5) is 28.1. The van der Waals surface area contributed by atoms with Crippen molar-refractivity contribution in [1.82, 2.24) is 9.88 Å². The highest BCUT2D eigenvalue weighted by Crippen LogP contribution is 2.21. The molecule has 1 N–H and O–H groups in total. The fourth-order valence-electron chi connectivity index (χ4n) is 1.81. The molecule has 0 bridgehead atoms. The Morgan fingerprint density at radius 3 is 2.81 bits per heavy atom. The molecule has 8 nitrogen and oxygen atoms in total. The highest BCUT2D eigenvalue weighted by molar-refractivity contribution is 5.99. The number of anilines is 1. The second-order valence-electron chi connectivity index (χ2n) is 4.47. The molecule has 0 aliphatic rings. The molecule has 1 aromatic heterocycles. The van der Waals surface area contributed by atoms with Gasteiger partial charge in [-0.3, -0.25) is 14.9 Å². The third-order valence-corrected chi connectivity index (χ3v) is 2.93. The van der Waals surface area contributed by atoms with Crippen molar-refractivity contribution in [3.63, 3.8) is 0 Å². The minimum Gasteiger partial charge on any atom is -0.372 e. The number of hydrogen-bond acceptors (Lipinski definition) is 6. The second kappa shape index (κ2) is 7.19. The summed E-state index contributed by atoms with van der Waals surface area (Å²) < 4.78 is 0. The molecule has 8 heteroatoms. The van der Waals surface area contributed by atoms with Crippen LogP contribution in [0.25, 0.3) is 0 Å². The molecular formula is C13H17N5O3. The average Bonchev–Trinajstić information content (AvgIpc) is 2.50. The van der Waals surface area contributed by atoms with E-state index in [9.17, 15) is 14.9 Å². The number of carbonyl (C=O) groups is 1. The van der Waals surface area contributed by atoms with Crippen molar-refractivity contribution in [2.75, 3.05) is 25.5 Å². The molecule has 1 amide bonds. The molecule has 0 saturated heterocycles. The predicted molar refractivity (Wildman–Crippen MR) is 76.8 cm³/mol. The van der Waals surface area contributed by atoms with Crippen LogP contribution in [0.1, 0.15) is 24.2 Å². The van der Waals surface area contributed by atoms with Crippen molar-refractivity contribution in [3.05, 3.63) is 27.9 Å². The summed E-state index contributed by atoms with van der Waals surface area (Å²) in [7, 11) is 1.58. The van der Waals surface area contributed by atoms with Gasteiger partial charge in [0.2, 0.25) is 0 Å². The Morgan fingerprint density at radius 2 is 2.33 bits per heavy atom. The Morgan fingerprint density at radius 1 is 1.67 bits per heavy atom. The summed E-state index contributed by atoms with van der Waals surface area (Å²) in [6.45, 7) is 4.15. The fourth-order valence-corrected chi connectivity index (χ4v) is 1.81. The van der Waals surface area contributed by atoms with E-state index in [2.05, 4.69) is 16.4 Å². The predicted octanol–water partition coefficient (Wildman–Crippen LogP) is 1.65. The molecule has 0 aliphatic carbocycles. The van der Waals surface area contributed by atoms with E-state index in [1.165, 1.54) is 11.0 Å². The maximum Gasteiger partial charge on any atom is 0.288 e. The van der Waals surface area contributed by atoms with Gasteiger partial charge >= 0.3 is 0 Å². The van der Waals surface area contributed by atoms with Gasteiger partial charge < -0.3 is 10.2 Å². The molecular weight excluding hydrogens is 274 g/mol. The summed E-state index contributed by atoms with van der Waals surface area (Å²) in [6.07, 6.45) is 1.09. The number of amides is 1. The first-order valence-corrected chi connectivity index (χ1v) is 6.45. The van der Waals surface area contributed by atoms with Crippen LogP contribution in [0.15, 0.2) is 12.3 Å². The van der Waals surface area contributed by atoms with Gasteiger partial charge in [0.15, 0.2) is 0 Å². The molecule has 0 aliphatic heterocycles. The molecule has 1 rings (SSSR count). The number of rotatable bonds is 6. The lowest BCUT2D eigenvalue weighted by Crippen LogP contribution is -2.34. The topological polar surface area (TPSA) is 112 Å².